The zero-order valence-electron chi connectivity index (χ0n) is 15.0. The molecule has 8 heteroatoms. The molecule has 2 amide bonds. The van der Waals surface area contributed by atoms with E-state index in [4.69, 9.17) is 0 Å². The number of hydrogen-bond donors (Lipinski definition) is 1. The smallest absolute Gasteiger partial charge is 0.236 e. The molecular formula is C17H32Cl2N4O2. The van der Waals surface area contributed by atoms with Crippen LogP contribution in [0.25, 0.3) is 0 Å². The Hall–Kier alpha value is -0.560. The maximum absolute atomic E-state index is 12.5. The van der Waals surface area contributed by atoms with Crippen molar-refractivity contribution >= 4 is 36.6 Å². The van der Waals surface area contributed by atoms with Crippen molar-refractivity contribution in [2.45, 2.75) is 32.1 Å². The maximum atomic E-state index is 12.5. The van der Waals surface area contributed by atoms with E-state index in [9.17, 15) is 9.59 Å². The molecule has 1 N–H and O–H groups in total. The third-order valence-electron chi connectivity index (χ3n) is 5.40. The summed E-state index contributed by atoms with van der Waals surface area (Å²) in [5.74, 6) is 0.727. The Morgan fingerprint density at radius 3 is 2.12 bits per heavy atom. The summed E-state index contributed by atoms with van der Waals surface area (Å²) in [4.78, 5) is 31.1. The minimum absolute atomic E-state index is 0. The van der Waals surface area contributed by atoms with Gasteiger partial charge in [-0.25, -0.2) is 0 Å². The summed E-state index contributed by atoms with van der Waals surface area (Å²) >= 11 is 0. The highest BCUT2D eigenvalue weighted by atomic mass is 35.5. The molecule has 3 heterocycles. The van der Waals surface area contributed by atoms with Crippen molar-refractivity contribution in [3.05, 3.63) is 0 Å². The number of carbonyl (C=O) groups is 2. The van der Waals surface area contributed by atoms with E-state index >= 15 is 0 Å². The summed E-state index contributed by atoms with van der Waals surface area (Å²) in [7, 11) is 0. The Morgan fingerprint density at radius 1 is 0.840 bits per heavy atom. The number of halogens is 2. The van der Waals surface area contributed by atoms with Gasteiger partial charge in [0.25, 0.3) is 0 Å². The van der Waals surface area contributed by atoms with Crippen LogP contribution in [-0.4, -0.2) is 85.4 Å². The average Bonchev–Trinajstić information content (AvgIpc) is 2.63. The van der Waals surface area contributed by atoms with Gasteiger partial charge >= 0.3 is 0 Å². The van der Waals surface area contributed by atoms with Gasteiger partial charge in [0, 0.05) is 45.8 Å². The van der Waals surface area contributed by atoms with Crippen molar-refractivity contribution < 1.29 is 9.59 Å². The summed E-state index contributed by atoms with van der Waals surface area (Å²) in [6.45, 7) is 7.41. The highest BCUT2D eigenvalue weighted by Crippen LogP contribution is 2.15. The molecule has 3 aliphatic heterocycles. The lowest BCUT2D eigenvalue weighted by molar-refractivity contribution is -0.138. The molecule has 0 aliphatic carbocycles. The number of piperidine rings is 2. The van der Waals surface area contributed by atoms with E-state index in [1.54, 1.807) is 0 Å². The Morgan fingerprint density at radius 2 is 1.52 bits per heavy atom. The SMILES string of the molecule is Cl.Cl.O=C(CN1CCN(C(=O)C2CCCNC2)CC1)N1CCCCC1. The van der Waals surface area contributed by atoms with Gasteiger partial charge in [0.05, 0.1) is 12.5 Å². The lowest BCUT2D eigenvalue weighted by Gasteiger charge is -2.38. The zero-order chi connectivity index (χ0) is 16.1. The van der Waals surface area contributed by atoms with Crippen LogP contribution in [0.3, 0.4) is 0 Å². The molecule has 0 spiro atoms. The molecule has 3 aliphatic rings. The minimum atomic E-state index is 0. The monoisotopic (exact) mass is 394 g/mol. The molecule has 0 radical (unpaired) electrons. The van der Waals surface area contributed by atoms with Crippen LogP contribution in [-0.2, 0) is 9.59 Å². The van der Waals surface area contributed by atoms with E-state index in [0.29, 0.717) is 12.5 Å². The summed E-state index contributed by atoms with van der Waals surface area (Å²) in [6.07, 6.45) is 5.65. The largest absolute Gasteiger partial charge is 0.342 e. The molecule has 3 fully saturated rings. The first-order valence-electron chi connectivity index (χ1n) is 9.23. The minimum Gasteiger partial charge on any atom is -0.342 e. The van der Waals surface area contributed by atoms with E-state index in [1.165, 1.54) is 6.42 Å². The number of carbonyl (C=O) groups excluding carboxylic acids is 2. The first-order chi connectivity index (χ1) is 11.2. The van der Waals surface area contributed by atoms with Crippen LogP contribution in [0, 0.1) is 5.92 Å². The number of nitrogens with zero attached hydrogens (tertiary/aromatic N) is 3. The van der Waals surface area contributed by atoms with E-state index in [0.717, 1.165) is 78.0 Å². The lowest BCUT2D eigenvalue weighted by atomic mass is 9.98. The molecule has 0 aromatic heterocycles. The van der Waals surface area contributed by atoms with Crippen LogP contribution in [0.2, 0.25) is 0 Å². The Labute approximate surface area is 163 Å². The molecule has 1 atom stereocenters. The number of piperazine rings is 1. The Bertz CT molecular complexity index is 419. The van der Waals surface area contributed by atoms with Gasteiger partial charge in [0.1, 0.15) is 0 Å². The molecule has 146 valence electrons. The Kier molecular flexibility index (Phi) is 10.1. The van der Waals surface area contributed by atoms with Gasteiger partial charge in [0.2, 0.25) is 11.8 Å². The standard InChI is InChI=1S/C17H30N4O2.2ClH/c22-16(20-7-2-1-3-8-20)14-19-9-11-21(12-10-19)17(23)15-5-4-6-18-13-15;;/h15,18H,1-14H2;2*1H. The van der Waals surface area contributed by atoms with E-state index < -0.39 is 0 Å². The van der Waals surface area contributed by atoms with Crippen LogP contribution in [0.15, 0.2) is 0 Å². The number of hydrogen-bond acceptors (Lipinski definition) is 4. The molecule has 0 saturated carbocycles. The van der Waals surface area contributed by atoms with Crippen molar-refractivity contribution in [3.8, 4) is 0 Å². The average molecular weight is 395 g/mol. The molecular weight excluding hydrogens is 363 g/mol. The van der Waals surface area contributed by atoms with Gasteiger partial charge in [-0.05, 0) is 38.6 Å². The fourth-order valence-electron chi connectivity index (χ4n) is 3.88. The summed E-state index contributed by atoms with van der Waals surface area (Å²) < 4.78 is 0. The molecule has 3 rings (SSSR count). The van der Waals surface area contributed by atoms with Crippen molar-refractivity contribution in [1.82, 2.24) is 20.0 Å². The molecule has 6 nitrogen and oxygen atoms in total. The first-order valence-corrected chi connectivity index (χ1v) is 9.23. The van der Waals surface area contributed by atoms with Crippen LogP contribution in [0.5, 0.6) is 0 Å². The lowest BCUT2D eigenvalue weighted by Crippen LogP contribution is -2.54. The van der Waals surface area contributed by atoms with Crippen LogP contribution in [0.1, 0.15) is 32.1 Å². The van der Waals surface area contributed by atoms with Crippen molar-refractivity contribution in [1.29, 1.82) is 0 Å². The Balaban J connectivity index is 0.00000156. The van der Waals surface area contributed by atoms with Crippen LogP contribution < -0.4 is 5.32 Å². The third-order valence-corrected chi connectivity index (χ3v) is 5.40. The fraction of sp³-hybridized carbons (Fsp3) is 0.882. The van der Waals surface area contributed by atoms with Gasteiger partial charge in [-0.1, -0.05) is 0 Å². The van der Waals surface area contributed by atoms with Gasteiger partial charge in [-0.3, -0.25) is 14.5 Å². The van der Waals surface area contributed by atoms with Gasteiger partial charge in [0.15, 0.2) is 0 Å². The van der Waals surface area contributed by atoms with E-state index in [1.807, 2.05) is 9.80 Å². The molecule has 0 aromatic rings. The van der Waals surface area contributed by atoms with Crippen LogP contribution >= 0.6 is 24.8 Å². The van der Waals surface area contributed by atoms with Crippen molar-refractivity contribution in [2.75, 3.05) is 58.9 Å². The predicted molar refractivity (Wildman–Crippen MR) is 104 cm³/mol. The zero-order valence-corrected chi connectivity index (χ0v) is 16.6. The summed E-state index contributed by atoms with van der Waals surface area (Å²) in [5, 5.41) is 3.32. The van der Waals surface area contributed by atoms with E-state index in [2.05, 4.69) is 10.2 Å². The van der Waals surface area contributed by atoms with Gasteiger partial charge in [-0.15, -0.1) is 24.8 Å². The number of likely N-dealkylation sites (tertiary alicyclic amines) is 1. The second-order valence-electron chi connectivity index (χ2n) is 7.09. The topological polar surface area (TPSA) is 55.9 Å². The third kappa shape index (κ3) is 6.27. The summed E-state index contributed by atoms with van der Waals surface area (Å²) in [5.41, 5.74) is 0. The number of nitrogens with one attached hydrogen (secondary N) is 1. The maximum Gasteiger partial charge on any atom is 0.236 e. The second kappa shape index (κ2) is 11.2. The first kappa shape index (κ1) is 22.5. The molecule has 1 unspecified atom stereocenters. The number of rotatable bonds is 3. The highest BCUT2D eigenvalue weighted by molar-refractivity contribution is 5.85. The molecule has 3 saturated heterocycles. The summed E-state index contributed by atoms with van der Waals surface area (Å²) in [6, 6.07) is 0. The van der Waals surface area contributed by atoms with Gasteiger partial charge < -0.3 is 15.1 Å². The molecule has 25 heavy (non-hydrogen) atoms. The van der Waals surface area contributed by atoms with Crippen molar-refractivity contribution in [3.63, 3.8) is 0 Å². The highest BCUT2D eigenvalue weighted by Gasteiger charge is 2.29. The van der Waals surface area contributed by atoms with Crippen molar-refractivity contribution in [2.24, 2.45) is 5.92 Å². The molecule has 0 aromatic carbocycles. The quantitative estimate of drug-likeness (QED) is 0.775. The van der Waals surface area contributed by atoms with Crippen LogP contribution in [0.4, 0.5) is 0 Å². The normalized spacial score (nSPS) is 24.9. The van der Waals surface area contributed by atoms with Gasteiger partial charge in [-0.2, -0.15) is 0 Å². The molecule has 0 bridgehead atoms. The van der Waals surface area contributed by atoms with E-state index in [-0.39, 0.29) is 36.6 Å². The fourth-order valence-corrected chi connectivity index (χ4v) is 3.88. The number of amides is 2. The predicted octanol–water partition coefficient (Wildman–Crippen LogP) is 0.986. The second-order valence-corrected chi connectivity index (χ2v) is 7.09.